The molecule has 1 aromatic carbocycles. The minimum Gasteiger partial charge on any atom is -0.484 e. The molecule has 0 spiro atoms. The number of hydrogen-bond donors (Lipinski definition) is 1. The van der Waals surface area contributed by atoms with Gasteiger partial charge in [-0.1, -0.05) is 6.07 Å². The minimum absolute atomic E-state index is 0.0553. The van der Waals surface area contributed by atoms with Crippen molar-refractivity contribution in [2.75, 3.05) is 13.7 Å². The molecule has 0 saturated heterocycles. The number of ether oxygens (including phenoxy) is 1. The maximum Gasteiger partial charge on any atom is 0.260 e. The summed E-state index contributed by atoms with van der Waals surface area (Å²) in [5, 5.41) is 0. The summed E-state index contributed by atoms with van der Waals surface area (Å²) in [5.41, 5.74) is 8.47. The first kappa shape index (κ1) is 12.5. The van der Waals surface area contributed by atoms with Crippen molar-refractivity contribution in [1.82, 2.24) is 4.90 Å². The summed E-state index contributed by atoms with van der Waals surface area (Å²) in [4.78, 5) is 13.7. The van der Waals surface area contributed by atoms with Crippen molar-refractivity contribution in [2.45, 2.75) is 37.8 Å². The van der Waals surface area contributed by atoms with Gasteiger partial charge in [-0.15, -0.1) is 0 Å². The molecule has 0 aliphatic heterocycles. The fourth-order valence-corrected chi connectivity index (χ4v) is 2.63. The van der Waals surface area contributed by atoms with E-state index < -0.39 is 0 Å². The molecule has 4 nitrogen and oxygen atoms in total. The molecule has 2 N–H and O–H groups in total. The summed E-state index contributed by atoms with van der Waals surface area (Å²) in [6.45, 7) is 0.123. The number of amides is 1. The molecule has 1 aromatic rings. The van der Waals surface area contributed by atoms with E-state index in [9.17, 15) is 4.79 Å². The molecule has 1 atom stereocenters. The molecular formula is C15H20N2O2. The van der Waals surface area contributed by atoms with Gasteiger partial charge in [-0.25, -0.2) is 0 Å². The van der Waals surface area contributed by atoms with Crippen LogP contribution in [-0.2, 0) is 11.2 Å². The third-order valence-corrected chi connectivity index (χ3v) is 4.09. The molecular weight excluding hydrogens is 240 g/mol. The quantitative estimate of drug-likeness (QED) is 0.895. The Morgan fingerprint density at radius 2 is 2.21 bits per heavy atom. The lowest BCUT2D eigenvalue weighted by molar-refractivity contribution is -0.132. The standard InChI is InChI=1S/C15H20N2O2/c1-17(11-3-4-11)15(18)9-19-12-5-6-13-10(8-12)2-7-14(13)16/h5-6,8,11,14H,2-4,7,9,16H2,1H3/t14-/m1/s1. The van der Waals surface area contributed by atoms with E-state index in [0.717, 1.165) is 31.4 Å². The summed E-state index contributed by atoms with van der Waals surface area (Å²) in [5.74, 6) is 0.824. The van der Waals surface area contributed by atoms with Crippen LogP contribution in [0.2, 0.25) is 0 Å². The number of nitrogens with zero attached hydrogens (tertiary/aromatic N) is 1. The predicted octanol–water partition coefficient (Wildman–Crippen LogP) is 1.63. The van der Waals surface area contributed by atoms with Crippen LogP contribution in [0.1, 0.15) is 36.4 Å². The molecule has 0 aromatic heterocycles. The zero-order valence-corrected chi connectivity index (χ0v) is 11.3. The Morgan fingerprint density at radius 1 is 1.42 bits per heavy atom. The highest BCUT2D eigenvalue weighted by molar-refractivity contribution is 5.78. The predicted molar refractivity (Wildman–Crippen MR) is 73.0 cm³/mol. The van der Waals surface area contributed by atoms with Crippen LogP contribution in [0.25, 0.3) is 0 Å². The number of nitrogens with two attached hydrogens (primary N) is 1. The average Bonchev–Trinajstić information content (AvgIpc) is 3.20. The monoisotopic (exact) mass is 260 g/mol. The van der Waals surface area contributed by atoms with Crippen LogP contribution in [0.15, 0.2) is 18.2 Å². The van der Waals surface area contributed by atoms with Crippen molar-refractivity contribution in [3.05, 3.63) is 29.3 Å². The van der Waals surface area contributed by atoms with E-state index in [2.05, 4.69) is 0 Å². The zero-order valence-electron chi connectivity index (χ0n) is 11.3. The molecule has 0 unspecified atom stereocenters. The van der Waals surface area contributed by atoms with Gasteiger partial charge >= 0.3 is 0 Å². The average molecular weight is 260 g/mol. The smallest absolute Gasteiger partial charge is 0.260 e. The van der Waals surface area contributed by atoms with Crippen LogP contribution in [0, 0.1) is 0 Å². The first-order valence-corrected chi connectivity index (χ1v) is 6.92. The second-order valence-electron chi connectivity index (χ2n) is 5.53. The molecule has 2 aliphatic rings. The molecule has 0 heterocycles. The van der Waals surface area contributed by atoms with Gasteiger partial charge in [0, 0.05) is 19.1 Å². The summed E-state index contributed by atoms with van der Waals surface area (Å²) in [7, 11) is 1.85. The highest BCUT2D eigenvalue weighted by Gasteiger charge is 2.29. The normalized spacial score (nSPS) is 21.1. The van der Waals surface area contributed by atoms with Crippen molar-refractivity contribution in [3.8, 4) is 5.75 Å². The van der Waals surface area contributed by atoms with Crippen molar-refractivity contribution in [1.29, 1.82) is 0 Å². The van der Waals surface area contributed by atoms with E-state index in [0.29, 0.717) is 6.04 Å². The van der Waals surface area contributed by atoms with Crippen LogP contribution in [0.5, 0.6) is 5.75 Å². The third-order valence-electron chi connectivity index (χ3n) is 4.09. The Kier molecular flexibility index (Phi) is 3.19. The second kappa shape index (κ2) is 4.85. The van der Waals surface area contributed by atoms with Gasteiger partial charge in [-0.3, -0.25) is 4.79 Å². The lowest BCUT2D eigenvalue weighted by atomic mass is 10.1. The second-order valence-corrected chi connectivity index (χ2v) is 5.53. The van der Waals surface area contributed by atoms with Crippen LogP contribution < -0.4 is 10.5 Å². The Hall–Kier alpha value is -1.55. The Balaban J connectivity index is 1.60. The lowest BCUT2D eigenvalue weighted by Gasteiger charge is -2.16. The number of carbonyl (C=O) groups excluding carboxylic acids is 1. The molecule has 102 valence electrons. The van der Waals surface area contributed by atoms with Crippen LogP contribution in [0.3, 0.4) is 0 Å². The zero-order chi connectivity index (χ0) is 13.4. The molecule has 1 amide bonds. The van der Waals surface area contributed by atoms with Gasteiger partial charge in [0.05, 0.1) is 0 Å². The number of rotatable bonds is 4. The van der Waals surface area contributed by atoms with Crippen LogP contribution in [-0.4, -0.2) is 30.5 Å². The largest absolute Gasteiger partial charge is 0.484 e. The SMILES string of the molecule is CN(C(=O)COc1ccc2c(c1)CC[C@H]2N)C1CC1. The molecule has 1 fully saturated rings. The number of fused-ring (bicyclic) bond motifs is 1. The van der Waals surface area contributed by atoms with E-state index in [1.54, 1.807) is 4.90 Å². The highest BCUT2D eigenvalue weighted by Crippen LogP contribution is 2.32. The van der Waals surface area contributed by atoms with Gasteiger partial charge in [0.1, 0.15) is 5.75 Å². The molecule has 1 saturated carbocycles. The van der Waals surface area contributed by atoms with Crippen molar-refractivity contribution in [3.63, 3.8) is 0 Å². The van der Waals surface area contributed by atoms with Crippen LogP contribution >= 0.6 is 0 Å². The Labute approximate surface area is 113 Å². The van der Waals surface area contributed by atoms with Gasteiger partial charge in [0.15, 0.2) is 6.61 Å². The minimum atomic E-state index is 0.0553. The van der Waals surface area contributed by atoms with Gasteiger partial charge < -0.3 is 15.4 Å². The first-order chi connectivity index (χ1) is 9.15. The fraction of sp³-hybridized carbons (Fsp3) is 0.533. The molecule has 0 bridgehead atoms. The van der Waals surface area contributed by atoms with E-state index in [1.807, 2.05) is 25.2 Å². The van der Waals surface area contributed by atoms with Crippen molar-refractivity contribution < 1.29 is 9.53 Å². The lowest BCUT2D eigenvalue weighted by Crippen LogP contribution is -2.33. The van der Waals surface area contributed by atoms with Gasteiger partial charge in [0.25, 0.3) is 5.91 Å². The summed E-state index contributed by atoms with van der Waals surface area (Å²) < 4.78 is 5.60. The number of aryl methyl sites for hydroxylation is 1. The number of likely N-dealkylation sites (N-methyl/N-ethyl adjacent to an activating group) is 1. The summed E-state index contributed by atoms with van der Waals surface area (Å²) in [6, 6.07) is 6.55. The third kappa shape index (κ3) is 2.59. The van der Waals surface area contributed by atoms with Crippen molar-refractivity contribution in [2.24, 2.45) is 5.73 Å². The number of carbonyl (C=O) groups is 1. The topological polar surface area (TPSA) is 55.6 Å². The first-order valence-electron chi connectivity index (χ1n) is 6.92. The number of hydrogen-bond acceptors (Lipinski definition) is 3. The number of benzene rings is 1. The van der Waals surface area contributed by atoms with E-state index in [-0.39, 0.29) is 18.6 Å². The highest BCUT2D eigenvalue weighted by atomic mass is 16.5. The summed E-state index contributed by atoms with van der Waals surface area (Å²) in [6.07, 6.45) is 4.25. The maximum atomic E-state index is 11.9. The van der Waals surface area contributed by atoms with E-state index in [4.69, 9.17) is 10.5 Å². The summed E-state index contributed by atoms with van der Waals surface area (Å²) >= 11 is 0. The molecule has 2 aliphatic carbocycles. The molecule has 4 heteroatoms. The van der Waals surface area contributed by atoms with Gasteiger partial charge in [-0.05, 0) is 48.9 Å². The van der Waals surface area contributed by atoms with E-state index >= 15 is 0 Å². The molecule has 19 heavy (non-hydrogen) atoms. The van der Waals surface area contributed by atoms with Gasteiger partial charge in [0.2, 0.25) is 0 Å². The fourth-order valence-electron chi connectivity index (χ4n) is 2.63. The molecule has 0 radical (unpaired) electrons. The molecule has 3 rings (SSSR count). The van der Waals surface area contributed by atoms with Crippen LogP contribution in [0.4, 0.5) is 0 Å². The van der Waals surface area contributed by atoms with Gasteiger partial charge in [-0.2, -0.15) is 0 Å². The Bertz CT molecular complexity index is 497. The maximum absolute atomic E-state index is 11.9. The van der Waals surface area contributed by atoms with E-state index in [1.165, 1.54) is 11.1 Å². The van der Waals surface area contributed by atoms with Crippen molar-refractivity contribution >= 4 is 5.91 Å². The Morgan fingerprint density at radius 3 is 2.95 bits per heavy atom.